The molecule has 0 unspecified atom stereocenters. The lowest BCUT2D eigenvalue weighted by Gasteiger charge is -2.36. The van der Waals surface area contributed by atoms with Crippen molar-refractivity contribution in [2.24, 2.45) is 0 Å². The highest BCUT2D eigenvalue weighted by atomic mass is 16.2. The number of amides is 1. The summed E-state index contributed by atoms with van der Waals surface area (Å²) >= 11 is 0. The molecule has 4 rings (SSSR count). The van der Waals surface area contributed by atoms with E-state index in [1.165, 1.54) is 16.5 Å². The van der Waals surface area contributed by atoms with Gasteiger partial charge >= 0.3 is 0 Å². The molecule has 1 aliphatic rings. The lowest BCUT2D eigenvalue weighted by atomic mass is 10.1. The molecule has 4 nitrogen and oxygen atoms in total. The van der Waals surface area contributed by atoms with Gasteiger partial charge in [0, 0.05) is 37.1 Å². The van der Waals surface area contributed by atoms with Crippen LogP contribution in [0.25, 0.3) is 10.9 Å². The zero-order valence-electron chi connectivity index (χ0n) is 16.2. The van der Waals surface area contributed by atoms with E-state index in [2.05, 4.69) is 43.0 Å². The van der Waals surface area contributed by atoms with Crippen molar-refractivity contribution in [3.05, 3.63) is 70.8 Å². The fourth-order valence-corrected chi connectivity index (χ4v) is 3.83. The molecule has 3 aromatic rings. The first-order valence-corrected chi connectivity index (χ1v) is 9.51. The quantitative estimate of drug-likeness (QED) is 0.690. The lowest BCUT2D eigenvalue weighted by molar-refractivity contribution is 0.0746. The molecule has 0 bridgehead atoms. The highest BCUT2D eigenvalue weighted by Crippen LogP contribution is 2.25. The molecule has 0 N–H and O–H groups in total. The van der Waals surface area contributed by atoms with Gasteiger partial charge in [0.2, 0.25) is 0 Å². The minimum atomic E-state index is 0.131. The predicted octanol–water partition coefficient (Wildman–Crippen LogP) is 4.12. The van der Waals surface area contributed by atoms with Crippen LogP contribution < -0.4 is 4.90 Å². The van der Waals surface area contributed by atoms with Gasteiger partial charge in [-0.2, -0.15) is 0 Å². The molecule has 0 atom stereocenters. The minimum Gasteiger partial charge on any atom is -0.353 e. The second kappa shape index (κ2) is 7.03. The lowest BCUT2D eigenvalue weighted by Crippen LogP contribution is -2.49. The number of fused-ring (bicyclic) bond motifs is 1. The van der Waals surface area contributed by atoms with E-state index >= 15 is 0 Å². The van der Waals surface area contributed by atoms with E-state index in [-0.39, 0.29) is 5.91 Å². The van der Waals surface area contributed by atoms with Gasteiger partial charge in [0.15, 0.2) is 0 Å². The summed E-state index contributed by atoms with van der Waals surface area (Å²) in [5.41, 5.74) is 5.36. The summed E-state index contributed by atoms with van der Waals surface area (Å²) in [5, 5.41) is 1.21. The molecule has 4 heteroatoms. The molecule has 2 heterocycles. The fraction of sp³-hybridized carbons (Fsp3) is 0.304. The molecule has 0 spiro atoms. The van der Waals surface area contributed by atoms with E-state index in [4.69, 9.17) is 4.98 Å². The third-order valence-electron chi connectivity index (χ3n) is 5.50. The van der Waals surface area contributed by atoms with Crippen LogP contribution in [0.3, 0.4) is 0 Å². The molecule has 0 saturated carbocycles. The van der Waals surface area contributed by atoms with Gasteiger partial charge in [-0.05, 0) is 49.6 Å². The Hall–Kier alpha value is -2.88. The van der Waals surface area contributed by atoms with Gasteiger partial charge in [-0.15, -0.1) is 0 Å². The minimum absolute atomic E-state index is 0.131. The average Bonchev–Trinajstić information content (AvgIpc) is 2.69. The smallest absolute Gasteiger partial charge is 0.254 e. The maximum Gasteiger partial charge on any atom is 0.254 e. The number of benzene rings is 2. The molecule has 1 amide bonds. The Labute approximate surface area is 160 Å². The van der Waals surface area contributed by atoms with Crippen molar-refractivity contribution in [1.29, 1.82) is 0 Å². The number of piperazine rings is 1. The van der Waals surface area contributed by atoms with Gasteiger partial charge in [-0.25, -0.2) is 4.98 Å². The van der Waals surface area contributed by atoms with Crippen LogP contribution in [0.15, 0.2) is 48.5 Å². The molecular weight excluding hydrogens is 334 g/mol. The van der Waals surface area contributed by atoms with Gasteiger partial charge in [0.05, 0.1) is 5.52 Å². The molecule has 27 heavy (non-hydrogen) atoms. The maximum absolute atomic E-state index is 12.8. The normalized spacial score (nSPS) is 14.6. The zero-order chi connectivity index (χ0) is 19.0. The van der Waals surface area contributed by atoms with Crippen LogP contribution in [0.1, 0.15) is 27.0 Å². The summed E-state index contributed by atoms with van der Waals surface area (Å²) in [7, 11) is 0. The second-order valence-corrected chi connectivity index (χ2v) is 7.36. The van der Waals surface area contributed by atoms with Crippen molar-refractivity contribution in [3.8, 4) is 0 Å². The fourth-order valence-electron chi connectivity index (χ4n) is 3.83. The maximum atomic E-state index is 12.8. The van der Waals surface area contributed by atoms with E-state index in [0.717, 1.165) is 48.6 Å². The molecule has 1 fully saturated rings. The van der Waals surface area contributed by atoms with Crippen molar-refractivity contribution >= 4 is 22.6 Å². The first kappa shape index (κ1) is 17.5. The number of carbonyl (C=O) groups excluding carboxylic acids is 1. The summed E-state index contributed by atoms with van der Waals surface area (Å²) < 4.78 is 0. The predicted molar refractivity (Wildman–Crippen MR) is 111 cm³/mol. The number of anilines is 1. The Balaban J connectivity index is 1.53. The van der Waals surface area contributed by atoms with Gasteiger partial charge in [0.25, 0.3) is 5.91 Å². The van der Waals surface area contributed by atoms with Crippen LogP contribution in [0.2, 0.25) is 0 Å². The zero-order valence-corrected chi connectivity index (χ0v) is 16.2. The van der Waals surface area contributed by atoms with E-state index in [1.54, 1.807) is 0 Å². The number of hydrogen-bond donors (Lipinski definition) is 0. The highest BCUT2D eigenvalue weighted by molar-refractivity contribution is 5.95. The summed E-state index contributed by atoms with van der Waals surface area (Å²) in [6.45, 7) is 9.30. The van der Waals surface area contributed by atoms with Gasteiger partial charge in [0.1, 0.15) is 5.82 Å². The summed E-state index contributed by atoms with van der Waals surface area (Å²) in [5.74, 6) is 1.14. The van der Waals surface area contributed by atoms with Crippen molar-refractivity contribution in [3.63, 3.8) is 0 Å². The standard InChI is InChI=1S/C23H25N3O/c1-16-7-4-5-9-20(16)23(27)26-13-11-25(12-14-26)21-15-18(3)19-10-6-8-17(2)22(19)24-21/h4-10,15H,11-14H2,1-3H3. The number of nitrogens with zero attached hydrogens (tertiary/aromatic N) is 3. The number of pyridine rings is 1. The van der Waals surface area contributed by atoms with E-state index in [9.17, 15) is 4.79 Å². The number of para-hydroxylation sites is 1. The summed E-state index contributed by atoms with van der Waals surface area (Å²) in [6, 6.07) is 16.3. The average molecular weight is 359 g/mol. The van der Waals surface area contributed by atoms with Crippen LogP contribution in [-0.4, -0.2) is 42.0 Å². The van der Waals surface area contributed by atoms with Crippen LogP contribution in [0.4, 0.5) is 5.82 Å². The molecule has 1 aromatic heterocycles. The van der Waals surface area contributed by atoms with Crippen LogP contribution in [-0.2, 0) is 0 Å². The highest BCUT2D eigenvalue weighted by Gasteiger charge is 2.24. The molecular formula is C23H25N3O. The number of carbonyl (C=O) groups is 1. The number of rotatable bonds is 2. The van der Waals surface area contributed by atoms with Gasteiger partial charge < -0.3 is 9.80 Å². The van der Waals surface area contributed by atoms with Crippen LogP contribution in [0.5, 0.6) is 0 Å². The van der Waals surface area contributed by atoms with Crippen LogP contribution >= 0.6 is 0 Å². The van der Waals surface area contributed by atoms with Crippen LogP contribution in [0, 0.1) is 20.8 Å². The van der Waals surface area contributed by atoms with Crippen molar-refractivity contribution in [2.75, 3.05) is 31.1 Å². The topological polar surface area (TPSA) is 36.4 Å². The summed E-state index contributed by atoms with van der Waals surface area (Å²) in [6.07, 6.45) is 0. The van der Waals surface area contributed by atoms with E-state index in [1.807, 2.05) is 36.1 Å². The van der Waals surface area contributed by atoms with E-state index < -0.39 is 0 Å². The second-order valence-electron chi connectivity index (χ2n) is 7.36. The first-order valence-electron chi connectivity index (χ1n) is 9.51. The Kier molecular flexibility index (Phi) is 4.56. The third-order valence-corrected chi connectivity index (χ3v) is 5.50. The monoisotopic (exact) mass is 359 g/mol. The number of aromatic nitrogens is 1. The molecule has 0 radical (unpaired) electrons. The van der Waals surface area contributed by atoms with Gasteiger partial charge in [-0.3, -0.25) is 4.79 Å². The number of aryl methyl sites for hydroxylation is 3. The van der Waals surface area contributed by atoms with E-state index in [0.29, 0.717) is 0 Å². The largest absolute Gasteiger partial charge is 0.353 e. The molecule has 138 valence electrons. The molecule has 1 saturated heterocycles. The Morgan fingerprint density at radius 3 is 2.30 bits per heavy atom. The summed E-state index contributed by atoms with van der Waals surface area (Å²) in [4.78, 5) is 22.0. The molecule has 1 aliphatic heterocycles. The number of hydrogen-bond acceptors (Lipinski definition) is 3. The molecule has 0 aliphatic carbocycles. The first-order chi connectivity index (χ1) is 13.0. The Morgan fingerprint density at radius 2 is 1.56 bits per heavy atom. The van der Waals surface area contributed by atoms with Crippen molar-refractivity contribution in [1.82, 2.24) is 9.88 Å². The van der Waals surface area contributed by atoms with Crippen molar-refractivity contribution < 1.29 is 4.79 Å². The SMILES string of the molecule is Cc1ccccc1C(=O)N1CCN(c2cc(C)c3cccc(C)c3n2)CC1. The Morgan fingerprint density at radius 1 is 0.852 bits per heavy atom. The van der Waals surface area contributed by atoms with Crippen molar-refractivity contribution in [2.45, 2.75) is 20.8 Å². The van der Waals surface area contributed by atoms with Gasteiger partial charge in [-0.1, -0.05) is 36.4 Å². The molecule has 2 aromatic carbocycles. The third kappa shape index (κ3) is 3.27. The Bertz CT molecular complexity index is 1000.